The zero-order valence-corrected chi connectivity index (χ0v) is 15.6. The largest absolute Gasteiger partial charge is 0.345 e. The van der Waals surface area contributed by atoms with E-state index in [4.69, 9.17) is 23.2 Å². The minimum absolute atomic E-state index is 0.247. The average molecular weight is 392 g/mol. The van der Waals surface area contributed by atoms with Crippen LogP contribution in [0.2, 0.25) is 10.0 Å². The van der Waals surface area contributed by atoms with Crippen LogP contribution in [0.15, 0.2) is 48.8 Å². The number of aromatic nitrogens is 2. The summed E-state index contributed by atoms with van der Waals surface area (Å²) in [6.07, 6.45) is 3.52. The van der Waals surface area contributed by atoms with Crippen molar-refractivity contribution in [3.05, 3.63) is 75.8 Å². The first-order valence-electron chi connectivity index (χ1n) is 7.89. The molecule has 1 N–H and O–H groups in total. The highest BCUT2D eigenvalue weighted by atomic mass is 35.5. The van der Waals surface area contributed by atoms with Gasteiger partial charge in [-0.25, -0.2) is 4.39 Å². The van der Waals surface area contributed by atoms with Gasteiger partial charge in [-0.15, -0.1) is 0 Å². The first-order chi connectivity index (χ1) is 12.3. The lowest BCUT2D eigenvalue weighted by Gasteiger charge is -2.15. The van der Waals surface area contributed by atoms with Crippen molar-refractivity contribution >= 4 is 29.1 Å². The Labute approximate surface area is 160 Å². The standard InChI is InChI=1S/C19H16Cl2FN3O/c1-11(13-9-23-25(2)10-13)24-19(26)15-5-4-14(22)8-16(15)12-3-6-17(20)18(21)7-12/h3-11H,1-2H3,(H,24,26). The van der Waals surface area contributed by atoms with Gasteiger partial charge in [0.25, 0.3) is 5.91 Å². The van der Waals surface area contributed by atoms with Gasteiger partial charge in [0.1, 0.15) is 5.82 Å². The minimum Gasteiger partial charge on any atom is -0.345 e. The fraction of sp³-hybridized carbons (Fsp3) is 0.158. The van der Waals surface area contributed by atoms with Crippen molar-refractivity contribution in [2.75, 3.05) is 0 Å². The summed E-state index contributed by atoms with van der Waals surface area (Å²) in [5, 5.41) is 7.74. The maximum atomic E-state index is 13.8. The Kier molecular flexibility index (Phi) is 5.30. The number of hydrogen-bond donors (Lipinski definition) is 1. The van der Waals surface area contributed by atoms with Crippen LogP contribution in [-0.2, 0) is 7.05 Å². The van der Waals surface area contributed by atoms with Crippen molar-refractivity contribution in [1.29, 1.82) is 0 Å². The maximum absolute atomic E-state index is 13.8. The molecule has 0 aliphatic carbocycles. The summed E-state index contributed by atoms with van der Waals surface area (Å²) in [7, 11) is 1.81. The van der Waals surface area contributed by atoms with Crippen molar-refractivity contribution < 1.29 is 9.18 Å². The Morgan fingerprint density at radius 1 is 1.19 bits per heavy atom. The summed E-state index contributed by atoms with van der Waals surface area (Å²) >= 11 is 12.0. The Morgan fingerprint density at radius 2 is 1.96 bits per heavy atom. The number of nitrogens with zero attached hydrogens (tertiary/aromatic N) is 2. The Bertz CT molecular complexity index is 971. The first kappa shape index (κ1) is 18.4. The number of hydrogen-bond acceptors (Lipinski definition) is 2. The minimum atomic E-state index is -0.442. The molecule has 0 bridgehead atoms. The highest BCUT2D eigenvalue weighted by Crippen LogP contribution is 2.31. The average Bonchev–Trinajstić information content (AvgIpc) is 3.03. The summed E-state index contributed by atoms with van der Waals surface area (Å²) in [5.41, 5.74) is 2.28. The molecule has 7 heteroatoms. The maximum Gasteiger partial charge on any atom is 0.252 e. The van der Waals surface area contributed by atoms with Crippen LogP contribution in [0.4, 0.5) is 4.39 Å². The van der Waals surface area contributed by atoms with E-state index in [1.54, 1.807) is 36.1 Å². The fourth-order valence-corrected chi connectivity index (χ4v) is 2.94. The van der Waals surface area contributed by atoms with Gasteiger partial charge in [0.2, 0.25) is 0 Å². The van der Waals surface area contributed by atoms with Crippen LogP contribution in [0.1, 0.15) is 28.9 Å². The van der Waals surface area contributed by atoms with Gasteiger partial charge in [0.05, 0.1) is 22.3 Å². The molecule has 1 aromatic heterocycles. The van der Waals surface area contributed by atoms with Crippen LogP contribution in [0.5, 0.6) is 0 Å². The number of benzene rings is 2. The molecular formula is C19H16Cl2FN3O. The molecule has 0 saturated heterocycles. The molecule has 4 nitrogen and oxygen atoms in total. The van der Waals surface area contributed by atoms with E-state index >= 15 is 0 Å². The second-order valence-electron chi connectivity index (χ2n) is 5.96. The molecule has 1 amide bonds. The lowest BCUT2D eigenvalue weighted by Crippen LogP contribution is -2.27. The van der Waals surface area contributed by atoms with Crippen molar-refractivity contribution in [1.82, 2.24) is 15.1 Å². The van der Waals surface area contributed by atoms with Gasteiger partial charge in [0, 0.05) is 24.4 Å². The summed E-state index contributed by atoms with van der Waals surface area (Å²) < 4.78 is 15.5. The quantitative estimate of drug-likeness (QED) is 0.678. The third kappa shape index (κ3) is 3.89. The van der Waals surface area contributed by atoms with Gasteiger partial charge >= 0.3 is 0 Å². The van der Waals surface area contributed by atoms with E-state index in [-0.39, 0.29) is 11.9 Å². The summed E-state index contributed by atoms with van der Waals surface area (Å²) in [6, 6.07) is 8.70. The summed E-state index contributed by atoms with van der Waals surface area (Å²) in [4.78, 5) is 12.8. The molecule has 1 atom stereocenters. The van der Waals surface area contributed by atoms with Crippen LogP contribution in [0.25, 0.3) is 11.1 Å². The van der Waals surface area contributed by atoms with Crippen LogP contribution in [0, 0.1) is 5.82 Å². The number of aryl methyl sites for hydroxylation is 1. The van der Waals surface area contributed by atoms with Gasteiger partial charge in [-0.1, -0.05) is 29.3 Å². The third-order valence-corrected chi connectivity index (χ3v) is 4.77. The number of carbonyl (C=O) groups excluding carboxylic acids is 1. The van der Waals surface area contributed by atoms with Crippen molar-refractivity contribution in [2.45, 2.75) is 13.0 Å². The van der Waals surface area contributed by atoms with Crippen molar-refractivity contribution in [2.24, 2.45) is 7.05 Å². The van der Waals surface area contributed by atoms with Gasteiger partial charge < -0.3 is 5.32 Å². The molecule has 0 aliphatic rings. The molecule has 0 saturated carbocycles. The van der Waals surface area contributed by atoms with Gasteiger partial charge in [0.15, 0.2) is 0 Å². The first-order valence-corrected chi connectivity index (χ1v) is 8.65. The summed E-state index contributed by atoms with van der Waals surface area (Å²) in [6.45, 7) is 1.86. The van der Waals surface area contributed by atoms with Gasteiger partial charge in [-0.3, -0.25) is 9.48 Å². The predicted octanol–water partition coefficient (Wildman–Crippen LogP) is 5.02. The van der Waals surface area contributed by atoms with Crippen molar-refractivity contribution in [3.63, 3.8) is 0 Å². The van der Waals surface area contributed by atoms with Gasteiger partial charge in [-0.05, 0) is 48.4 Å². The third-order valence-electron chi connectivity index (χ3n) is 4.03. The molecule has 0 aliphatic heterocycles. The number of rotatable bonds is 4. The number of nitrogens with one attached hydrogen (secondary N) is 1. The molecule has 26 heavy (non-hydrogen) atoms. The van der Waals surface area contributed by atoms with E-state index < -0.39 is 5.82 Å². The van der Waals surface area contributed by atoms with E-state index in [1.165, 1.54) is 18.2 Å². The smallest absolute Gasteiger partial charge is 0.252 e. The highest BCUT2D eigenvalue weighted by Gasteiger charge is 2.18. The van der Waals surface area contributed by atoms with Crippen LogP contribution in [0.3, 0.4) is 0 Å². The molecular weight excluding hydrogens is 376 g/mol. The Hall–Kier alpha value is -2.37. The fourth-order valence-electron chi connectivity index (χ4n) is 2.64. The van der Waals surface area contributed by atoms with Crippen LogP contribution >= 0.6 is 23.2 Å². The molecule has 2 aromatic carbocycles. The van der Waals surface area contributed by atoms with E-state index in [0.717, 1.165) is 5.56 Å². The van der Waals surface area contributed by atoms with Crippen LogP contribution < -0.4 is 5.32 Å². The molecule has 1 unspecified atom stereocenters. The monoisotopic (exact) mass is 391 g/mol. The van der Waals surface area contributed by atoms with E-state index in [9.17, 15) is 9.18 Å². The van der Waals surface area contributed by atoms with Gasteiger partial charge in [-0.2, -0.15) is 5.10 Å². The molecule has 3 rings (SSSR count). The molecule has 134 valence electrons. The number of amides is 1. The Balaban J connectivity index is 1.94. The number of halogens is 3. The molecule has 3 aromatic rings. The van der Waals surface area contributed by atoms with E-state index in [0.29, 0.717) is 26.7 Å². The lowest BCUT2D eigenvalue weighted by atomic mass is 9.98. The molecule has 0 fully saturated rings. The van der Waals surface area contributed by atoms with Crippen LogP contribution in [-0.4, -0.2) is 15.7 Å². The molecule has 0 spiro atoms. The van der Waals surface area contributed by atoms with Crippen molar-refractivity contribution in [3.8, 4) is 11.1 Å². The second-order valence-corrected chi connectivity index (χ2v) is 6.78. The molecule has 1 heterocycles. The van der Waals surface area contributed by atoms with E-state index in [1.807, 2.05) is 13.1 Å². The SMILES string of the molecule is CC(NC(=O)c1ccc(F)cc1-c1ccc(Cl)c(Cl)c1)c1cnn(C)c1. The Morgan fingerprint density at radius 3 is 2.62 bits per heavy atom. The normalized spacial score (nSPS) is 12.0. The lowest BCUT2D eigenvalue weighted by molar-refractivity contribution is 0.0940. The molecule has 0 radical (unpaired) electrons. The zero-order valence-electron chi connectivity index (χ0n) is 14.1. The number of carbonyl (C=O) groups is 1. The summed E-state index contributed by atoms with van der Waals surface area (Å²) in [5.74, 6) is -0.759. The van der Waals surface area contributed by atoms with E-state index in [2.05, 4.69) is 10.4 Å². The highest BCUT2D eigenvalue weighted by molar-refractivity contribution is 6.42. The predicted molar refractivity (Wildman–Crippen MR) is 101 cm³/mol. The topological polar surface area (TPSA) is 46.9 Å². The second kappa shape index (κ2) is 7.48. The zero-order chi connectivity index (χ0) is 18.8.